The maximum Gasteiger partial charge on any atom is 0.139 e. The van der Waals surface area contributed by atoms with Crippen molar-refractivity contribution in [3.05, 3.63) is 0 Å². The lowest BCUT2D eigenvalue weighted by molar-refractivity contribution is -0.153. The highest BCUT2D eigenvalue weighted by Crippen LogP contribution is 2.64. The number of rotatable bonds is 3. The summed E-state index contributed by atoms with van der Waals surface area (Å²) in [6.45, 7) is 7.61. The maximum atomic E-state index is 13.2. The van der Waals surface area contributed by atoms with Crippen LogP contribution in [0.5, 0.6) is 0 Å². The highest BCUT2D eigenvalue weighted by atomic mass is 16.6. The predicted octanol–water partition coefficient (Wildman–Crippen LogP) is 3.35. The number of carbonyl (C=O) groups is 2. The van der Waals surface area contributed by atoms with E-state index in [1.165, 1.54) is 0 Å². The number of carbonyl (C=O) groups excluding carboxylic acids is 2. The van der Waals surface area contributed by atoms with E-state index in [2.05, 4.69) is 25.9 Å². The molecule has 0 bridgehead atoms. The Morgan fingerprint density at radius 3 is 2.70 bits per heavy atom. The molecular formula is C22H34N2O3. The lowest BCUT2D eigenvalue weighted by atomic mass is 9.44. The van der Waals surface area contributed by atoms with Crippen LogP contribution >= 0.6 is 0 Å². The minimum absolute atomic E-state index is 0.0271. The van der Waals surface area contributed by atoms with Gasteiger partial charge in [0, 0.05) is 30.7 Å². The van der Waals surface area contributed by atoms with Crippen LogP contribution in [0.3, 0.4) is 0 Å². The van der Waals surface area contributed by atoms with Crippen LogP contribution < -0.4 is 5.73 Å². The van der Waals surface area contributed by atoms with E-state index >= 15 is 0 Å². The summed E-state index contributed by atoms with van der Waals surface area (Å²) < 4.78 is 0. The van der Waals surface area contributed by atoms with E-state index in [-0.39, 0.29) is 16.7 Å². The summed E-state index contributed by atoms with van der Waals surface area (Å²) in [5.74, 6) is 2.56. The monoisotopic (exact) mass is 374 g/mol. The molecule has 4 aliphatic rings. The van der Waals surface area contributed by atoms with E-state index < -0.39 is 0 Å². The molecule has 7 atom stereocenters. The molecule has 0 aromatic carbocycles. The zero-order valence-corrected chi connectivity index (χ0v) is 17.0. The molecule has 5 heteroatoms. The number of hydrogen-bond acceptors (Lipinski definition) is 5. The van der Waals surface area contributed by atoms with Crippen LogP contribution in [0.25, 0.3) is 0 Å². The van der Waals surface area contributed by atoms with Crippen molar-refractivity contribution in [3.63, 3.8) is 0 Å². The fourth-order valence-electron chi connectivity index (χ4n) is 7.30. The summed E-state index contributed by atoms with van der Waals surface area (Å²) in [6.07, 6.45) is 6.17. The van der Waals surface area contributed by atoms with Gasteiger partial charge >= 0.3 is 0 Å². The molecule has 4 fully saturated rings. The molecule has 4 aliphatic carbocycles. The molecule has 0 aliphatic heterocycles. The zero-order chi connectivity index (χ0) is 19.4. The van der Waals surface area contributed by atoms with E-state index in [4.69, 9.17) is 10.6 Å². The Morgan fingerprint density at radius 1 is 1.19 bits per heavy atom. The van der Waals surface area contributed by atoms with Gasteiger partial charge in [0.25, 0.3) is 0 Å². The third-order valence-corrected chi connectivity index (χ3v) is 8.73. The standard InChI is InChI=1S/C22H34N2O3/c1-13-12-22(3)16-6-7-21(2)15(4-5-20(21)26)14(16)10-19(25)17(22)11-18(13)24-27-9-8-23/h13-17H,4-12,23H2,1-3H3/b24-18+/t13-,14+,15+,16+,17?,21+,22-/m1/s1. The molecule has 0 radical (unpaired) electrons. The fourth-order valence-corrected chi connectivity index (χ4v) is 7.30. The van der Waals surface area contributed by atoms with Gasteiger partial charge in [0.05, 0.1) is 5.71 Å². The van der Waals surface area contributed by atoms with Gasteiger partial charge in [-0.2, -0.15) is 0 Å². The number of hydrogen-bond donors (Lipinski definition) is 1. The molecule has 27 heavy (non-hydrogen) atoms. The number of fused-ring (bicyclic) bond motifs is 5. The van der Waals surface area contributed by atoms with E-state index in [9.17, 15) is 9.59 Å². The summed E-state index contributed by atoms with van der Waals surface area (Å²) in [7, 11) is 0. The SMILES string of the molecule is C[C@@H]1C[C@@]2(C)C(C/C1=N\OCCN)C(=O)C[C@@H]1[C@@H]2CC[C@]2(C)C(=O)CC[C@@H]12. The molecule has 0 aromatic heterocycles. The second-order valence-corrected chi connectivity index (χ2v) is 10.0. The number of Topliss-reactive ketones (excluding diaryl/α,β-unsaturated/α-hetero) is 2. The van der Waals surface area contributed by atoms with E-state index in [1.54, 1.807) is 0 Å². The Morgan fingerprint density at radius 2 is 1.96 bits per heavy atom. The fraction of sp³-hybridized carbons (Fsp3) is 0.864. The summed E-state index contributed by atoms with van der Waals surface area (Å²) in [4.78, 5) is 31.1. The number of ketones is 2. The smallest absolute Gasteiger partial charge is 0.139 e. The number of oxime groups is 1. The van der Waals surface area contributed by atoms with Crippen molar-refractivity contribution in [2.75, 3.05) is 13.2 Å². The van der Waals surface area contributed by atoms with Gasteiger partial charge in [-0.3, -0.25) is 9.59 Å². The van der Waals surface area contributed by atoms with Crippen LogP contribution in [0.4, 0.5) is 0 Å². The third-order valence-electron chi connectivity index (χ3n) is 8.73. The van der Waals surface area contributed by atoms with E-state index in [0.717, 1.165) is 37.8 Å². The summed E-state index contributed by atoms with van der Waals surface area (Å²) >= 11 is 0. The molecule has 4 saturated carbocycles. The summed E-state index contributed by atoms with van der Waals surface area (Å²) in [5.41, 5.74) is 6.37. The van der Waals surface area contributed by atoms with Gasteiger partial charge in [0.15, 0.2) is 0 Å². The molecule has 0 amide bonds. The van der Waals surface area contributed by atoms with Crippen LogP contribution in [-0.2, 0) is 14.4 Å². The number of nitrogens with two attached hydrogens (primary N) is 1. The molecule has 0 spiro atoms. The van der Waals surface area contributed by atoms with Crippen molar-refractivity contribution in [2.24, 2.45) is 51.3 Å². The van der Waals surface area contributed by atoms with Crippen molar-refractivity contribution >= 4 is 17.3 Å². The van der Waals surface area contributed by atoms with Crippen LogP contribution in [0, 0.1) is 40.4 Å². The van der Waals surface area contributed by atoms with E-state index in [0.29, 0.717) is 61.2 Å². The molecular weight excluding hydrogens is 340 g/mol. The van der Waals surface area contributed by atoms with Crippen molar-refractivity contribution in [1.29, 1.82) is 0 Å². The largest absolute Gasteiger partial charge is 0.394 e. The van der Waals surface area contributed by atoms with Gasteiger partial charge in [-0.1, -0.05) is 25.9 Å². The Kier molecular flexibility index (Phi) is 4.73. The predicted molar refractivity (Wildman–Crippen MR) is 104 cm³/mol. The number of nitrogens with zero attached hydrogens (tertiary/aromatic N) is 1. The minimum atomic E-state index is -0.173. The van der Waals surface area contributed by atoms with Crippen LogP contribution in [0.15, 0.2) is 5.16 Å². The first-order chi connectivity index (χ1) is 12.8. The quantitative estimate of drug-likeness (QED) is 0.607. The molecule has 5 nitrogen and oxygen atoms in total. The lowest BCUT2D eigenvalue weighted by Crippen LogP contribution is -2.57. The second-order valence-electron chi connectivity index (χ2n) is 10.0. The lowest BCUT2D eigenvalue weighted by Gasteiger charge is -2.59. The Balaban J connectivity index is 1.61. The van der Waals surface area contributed by atoms with Crippen LogP contribution in [-0.4, -0.2) is 30.4 Å². The Hall–Kier alpha value is -1.23. The molecule has 1 unspecified atom stereocenters. The van der Waals surface area contributed by atoms with Crippen LogP contribution in [0.2, 0.25) is 0 Å². The highest BCUT2D eigenvalue weighted by molar-refractivity contribution is 5.94. The van der Waals surface area contributed by atoms with E-state index in [1.807, 2.05) is 0 Å². The third kappa shape index (κ3) is 2.80. The van der Waals surface area contributed by atoms with Gasteiger partial charge in [0.1, 0.15) is 18.2 Å². The van der Waals surface area contributed by atoms with Crippen molar-refractivity contribution in [3.8, 4) is 0 Å². The molecule has 2 N–H and O–H groups in total. The minimum Gasteiger partial charge on any atom is -0.394 e. The zero-order valence-electron chi connectivity index (χ0n) is 17.0. The van der Waals surface area contributed by atoms with Crippen molar-refractivity contribution in [1.82, 2.24) is 0 Å². The molecule has 4 rings (SSSR count). The first kappa shape index (κ1) is 19.1. The molecule has 0 aromatic rings. The van der Waals surface area contributed by atoms with Gasteiger partial charge in [0.2, 0.25) is 0 Å². The molecule has 150 valence electrons. The topological polar surface area (TPSA) is 81.8 Å². The van der Waals surface area contributed by atoms with Gasteiger partial charge in [-0.25, -0.2) is 0 Å². The normalized spacial score (nSPS) is 48.1. The maximum absolute atomic E-state index is 13.2. The van der Waals surface area contributed by atoms with Gasteiger partial charge in [-0.15, -0.1) is 0 Å². The highest BCUT2D eigenvalue weighted by Gasteiger charge is 2.62. The summed E-state index contributed by atoms with van der Waals surface area (Å²) in [6, 6.07) is 0. The van der Waals surface area contributed by atoms with Crippen molar-refractivity contribution < 1.29 is 14.4 Å². The van der Waals surface area contributed by atoms with Gasteiger partial charge < -0.3 is 10.6 Å². The Bertz CT molecular complexity index is 674. The van der Waals surface area contributed by atoms with Gasteiger partial charge in [-0.05, 0) is 61.2 Å². The van der Waals surface area contributed by atoms with Crippen LogP contribution in [0.1, 0.15) is 65.7 Å². The average Bonchev–Trinajstić information content (AvgIpc) is 2.92. The second kappa shape index (κ2) is 6.68. The van der Waals surface area contributed by atoms with Crippen molar-refractivity contribution in [2.45, 2.75) is 65.7 Å². The average molecular weight is 375 g/mol. The Labute approximate surface area is 162 Å². The first-order valence-corrected chi connectivity index (χ1v) is 10.8. The molecule has 0 heterocycles. The first-order valence-electron chi connectivity index (χ1n) is 10.8. The molecule has 0 saturated heterocycles. The summed E-state index contributed by atoms with van der Waals surface area (Å²) in [5, 5.41) is 4.33.